The molecule has 0 saturated carbocycles. The van der Waals surface area contributed by atoms with Gasteiger partial charge in [0.15, 0.2) is 6.17 Å². The van der Waals surface area contributed by atoms with Gasteiger partial charge in [-0.1, -0.05) is 12.1 Å². The Morgan fingerprint density at radius 2 is 1.71 bits per heavy atom. The van der Waals surface area contributed by atoms with Gasteiger partial charge in [-0.25, -0.2) is 8.78 Å². The van der Waals surface area contributed by atoms with Gasteiger partial charge in [0.1, 0.15) is 6.04 Å². The molecule has 356 valence electrons. The van der Waals surface area contributed by atoms with Crippen molar-refractivity contribution in [2.24, 2.45) is 11.8 Å². The monoisotopic (exact) mass is 913 g/mol. The molecule has 4 unspecified atom stereocenters. The third-order valence-electron chi connectivity index (χ3n) is 15.1. The van der Waals surface area contributed by atoms with E-state index in [1.165, 1.54) is 6.20 Å². The van der Waals surface area contributed by atoms with Gasteiger partial charge in [0.05, 0.1) is 17.0 Å². The molecule has 0 aliphatic carbocycles. The number of halogens is 2. The third kappa shape index (κ3) is 10.1. The summed E-state index contributed by atoms with van der Waals surface area (Å²) in [5.74, 6) is -1.27. The van der Waals surface area contributed by atoms with Crippen molar-refractivity contribution < 1.29 is 38.5 Å². The first-order chi connectivity index (χ1) is 31.8. The number of rotatable bonds is 15. The van der Waals surface area contributed by atoms with E-state index >= 15 is 0 Å². The van der Waals surface area contributed by atoms with Crippen molar-refractivity contribution in [3.63, 3.8) is 0 Å². The van der Waals surface area contributed by atoms with Gasteiger partial charge in [-0.15, -0.1) is 0 Å². The van der Waals surface area contributed by atoms with Crippen molar-refractivity contribution in [1.82, 2.24) is 35.6 Å². The first kappa shape index (κ1) is 47.4. The first-order valence-corrected chi connectivity index (χ1v) is 24.0. The van der Waals surface area contributed by atoms with Crippen molar-refractivity contribution in [1.29, 1.82) is 0 Å². The maximum absolute atomic E-state index is 14.6. The van der Waals surface area contributed by atoms with Crippen LogP contribution in [0.1, 0.15) is 114 Å². The fourth-order valence-electron chi connectivity index (χ4n) is 11.5. The molecule has 4 atom stereocenters. The summed E-state index contributed by atoms with van der Waals surface area (Å²) >= 11 is 0. The number of likely N-dealkylation sites (tertiary alicyclic amines) is 3. The summed E-state index contributed by atoms with van der Waals surface area (Å²) in [7, 11) is 1.66. The van der Waals surface area contributed by atoms with E-state index in [1.807, 2.05) is 11.0 Å². The lowest BCUT2D eigenvalue weighted by atomic mass is 9.85. The van der Waals surface area contributed by atoms with Gasteiger partial charge < -0.3 is 41.4 Å². The van der Waals surface area contributed by atoms with Crippen molar-refractivity contribution in [3.8, 4) is 0 Å². The number of allylic oxidation sites excluding steroid dienone is 1. The number of benzene rings is 2. The maximum Gasteiger partial charge on any atom is 0.264 e. The highest BCUT2D eigenvalue weighted by atomic mass is 19.3. The Bertz CT molecular complexity index is 2210. The van der Waals surface area contributed by atoms with Crippen LogP contribution in [-0.2, 0) is 27.2 Å². The van der Waals surface area contributed by atoms with Crippen LogP contribution in [0.2, 0.25) is 0 Å². The van der Waals surface area contributed by atoms with Gasteiger partial charge in [-0.05, 0) is 143 Å². The lowest BCUT2D eigenvalue weighted by molar-refractivity contribution is -0.435. The number of carbonyl (C=O) groups is 5. The van der Waals surface area contributed by atoms with Crippen LogP contribution in [0.5, 0.6) is 0 Å². The molecule has 66 heavy (non-hydrogen) atoms. The topological polar surface area (TPSA) is 188 Å². The molecule has 0 radical (unpaired) electrons. The van der Waals surface area contributed by atoms with E-state index in [0.29, 0.717) is 60.3 Å². The van der Waals surface area contributed by atoms with Gasteiger partial charge in [0.25, 0.3) is 18.2 Å². The Hall–Kier alpha value is -5.10. The van der Waals surface area contributed by atoms with Crippen LogP contribution in [0.25, 0.3) is 11.0 Å². The minimum atomic E-state index is -2.74. The minimum absolute atomic E-state index is 0.00689. The Morgan fingerprint density at radius 3 is 2.41 bits per heavy atom. The number of hydrogen-bond donors (Lipinski definition) is 4. The summed E-state index contributed by atoms with van der Waals surface area (Å²) in [5, 5.41) is 19.0. The summed E-state index contributed by atoms with van der Waals surface area (Å²) in [5.41, 5.74) is 8.40. The highest BCUT2D eigenvalue weighted by molar-refractivity contribution is 6.24. The molecule has 6 aliphatic rings. The first-order valence-electron chi connectivity index (χ1n) is 24.0. The van der Waals surface area contributed by atoms with Crippen LogP contribution < -0.4 is 26.6 Å². The molecule has 17 heteroatoms. The lowest BCUT2D eigenvalue weighted by Gasteiger charge is -2.46. The van der Waals surface area contributed by atoms with Crippen LogP contribution in [0, 0.1) is 11.8 Å². The fraction of sp³-hybridized carbons (Fsp3) is 0.592. The number of quaternary nitrogens is 1. The molecule has 2 aromatic carbocycles. The number of fused-ring (bicyclic) bond motifs is 2. The highest BCUT2D eigenvalue weighted by Gasteiger charge is 2.46. The minimum Gasteiger partial charge on any atom is -0.810 e. The molecule has 2 aromatic rings. The normalized spacial score (nSPS) is 24.4. The van der Waals surface area contributed by atoms with Crippen LogP contribution in [0.4, 0.5) is 14.5 Å². The van der Waals surface area contributed by atoms with Gasteiger partial charge in [0.2, 0.25) is 17.7 Å². The molecule has 5 amide bonds. The summed E-state index contributed by atoms with van der Waals surface area (Å²) < 4.78 is 29.2. The number of imide groups is 2. The lowest BCUT2D eigenvalue weighted by Crippen LogP contribution is -2.77. The van der Waals surface area contributed by atoms with Crippen molar-refractivity contribution in [2.45, 2.75) is 108 Å². The second kappa shape index (κ2) is 20.8. The second-order valence-electron chi connectivity index (χ2n) is 19.2. The molecule has 15 nitrogen and oxygen atoms in total. The number of amides is 5. The van der Waals surface area contributed by atoms with E-state index in [2.05, 4.69) is 36.4 Å². The molecule has 6 aliphatic heterocycles. The average Bonchev–Trinajstić information content (AvgIpc) is 3.57. The van der Waals surface area contributed by atoms with Crippen molar-refractivity contribution >= 4 is 47.0 Å². The van der Waals surface area contributed by atoms with Gasteiger partial charge in [-0.3, -0.25) is 34.2 Å². The molecule has 0 aromatic heterocycles. The van der Waals surface area contributed by atoms with E-state index in [-0.39, 0.29) is 42.4 Å². The number of aryl methyl sites for hydroxylation is 2. The predicted octanol–water partition coefficient (Wildman–Crippen LogP) is 3.18. The van der Waals surface area contributed by atoms with E-state index in [9.17, 15) is 38.2 Å². The molecule has 6 N–H and O–H groups in total. The number of anilines is 1. The molecule has 6 heterocycles. The summed E-state index contributed by atoms with van der Waals surface area (Å²) in [6.45, 7) is 9.56. The quantitative estimate of drug-likeness (QED) is 0.153. The van der Waals surface area contributed by atoms with E-state index < -0.39 is 36.1 Å². The van der Waals surface area contributed by atoms with Crippen molar-refractivity contribution in [2.75, 3.05) is 70.9 Å². The van der Waals surface area contributed by atoms with E-state index in [1.54, 1.807) is 38.2 Å². The zero-order valence-electron chi connectivity index (χ0n) is 38.4. The van der Waals surface area contributed by atoms with Gasteiger partial charge in [-0.2, -0.15) is 6.21 Å². The molecule has 0 spiro atoms. The van der Waals surface area contributed by atoms with Gasteiger partial charge in [0, 0.05) is 76.1 Å². The number of carbonyl (C=O) groups excluding carboxylic acids is 5. The Kier molecular flexibility index (Phi) is 15.0. The highest BCUT2D eigenvalue weighted by Crippen LogP contribution is 2.39. The Morgan fingerprint density at radius 1 is 0.955 bits per heavy atom. The smallest absolute Gasteiger partial charge is 0.264 e. The van der Waals surface area contributed by atoms with Crippen LogP contribution in [0.15, 0.2) is 36.5 Å². The Labute approximate surface area is 386 Å². The standard InChI is InChI=1S/C49H65F2N10O5/c1-30(62)59-23-16-40(39(29-59)46(53)60-18-5-8-33-24-37(34(26-52)27-54-2)38(45(50)51)25-42(33)60)55-35-14-21-58(22-15-35)28-31-12-19-57(20-13-31)17-4-7-32-6-3-9-36-44(32)49(66)61(48(36)65)41-10-11-43(63)56-47(41)64/h3,6,9,24-27,31,35,39-41,45-46,54-55H,4-5,7-8,10-23,28-29,53H2,1-2H3,(H,56,63,64)/q-1/p+1/b34-27+. The summed E-state index contributed by atoms with van der Waals surface area (Å²) in [6, 6.07) is 8.20. The molecular formula is C49H66F2N10O5. The molecule has 0 bridgehead atoms. The van der Waals surface area contributed by atoms with Crippen LogP contribution in [0.3, 0.4) is 0 Å². The summed E-state index contributed by atoms with van der Waals surface area (Å²) in [6.07, 6.45) is 7.80. The van der Waals surface area contributed by atoms with Crippen molar-refractivity contribution in [3.05, 3.63) is 75.3 Å². The second-order valence-corrected chi connectivity index (χ2v) is 19.2. The average molecular weight is 913 g/mol. The SMILES string of the molecule is CN/C=C(\C=[N-])c1cc2c(cc1C(F)F)N(C([NH3+])C1CN(C(C)=O)CCC1NC1CCN(CC3CCN(CCCc4cccc5c4C(=O)N(C4CCC(=O)NC4=O)C5=O)CC3)CC1)CCC2. The van der Waals surface area contributed by atoms with E-state index in [4.69, 9.17) is 0 Å². The van der Waals surface area contributed by atoms with Gasteiger partial charge >= 0.3 is 0 Å². The third-order valence-corrected chi connectivity index (χ3v) is 15.1. The number of piperidine rings is 4. The number of hydrogen-bond acceptors (Lipinski definition) is 10. The number of alkyl halides is 2. The molecular weight excluding hydrogens is 847 g/mol. The predicted molar refractivity (Wildman–Crippen MR) is 248 cm³/mol. The van der Waals surface area contributed by atoms with Crippen LogP contribution >= 0.6 is 0 Å². The summed E-state index contributed by atoms with van der Waals surface area (Å²) in [4.78, 5) is 73.9. The zero-order chi connectivity index (χ0) is 46.6. The maximum atomic E-state index is 14.6. The van der Waals surface area contributed by atoms with E-state index in [0.717, 1.165) is 119 Å². The molecule has 4 saturated heterocycles. The largest absolute Gasteiger partial charge is 0.810 e. The zero-order valence-corrected chi connectivity index (χ0v) is 38.4. The fourth-order valence-corrected chi connectivity index (χ4v) is 11.5. The van der Waals surface area contributed by atoms with Crippen LogP contribution in [-0.4, -0.2) is 146 Å². The Balaban J connectivity index is 0.813. The molecule has 8 rings (SSSR count). The number of nitrogens with one attached hydrogen (secondary N) is 3. The number of nitrogens with zero attached hydrogens (tertiary/aromatic N) is 6. The molecule has 4 fully saturated rings.